The molecule has 4 rings (SSSR count). The molecule has 4 heterocycles. The van der Waals surface area contributed by atoms with Gasteiger partial charge in [0.1, 0.15) is 17.7 Å². The predicted octanol–water partition coefficient (Wildman–Crippen LogP) is 3.60. The van der Waals surface area contributed by atoms with Crippen molar-refractivity contribution in [1.82, 2.24) is 19.9 Å². The first-order chi connectivity index (χ1) is 13.4. The number of nitrogens with one attached hydrogen (secondary N) is 1. The second-order valence-electron chi connectivity index (χ2n) is 6.44. The van der Waals surface area contributed by atoms with Crippen molar-refractivity contribution in [3.05, 3.63) is 47.9 Å². The minimum absolute atomic E-state index is 0.00260. The summed E-state index contributed by atoms with van der Waals surface area (Å²) < 4.78 is 53.1. The molecule has 0 aromatic carbocycles. The smallest absolute Gasteiger partial charge is 0.365 e. The molecule has 1 N–H and O–H groups in total. The van der Waals surface area contributed by atoms with E-state index in [-0.39, 0.29) is 18.7 Å². The van der Waals surface area contributed by atoms with E-state index < -0.39 is 18.0 Å². The third-order valence-corrected chi connectivity index (χ3v) is 4.48. The van der Waals surface area contributed by atoms with Gasteiger partial charge in [0.25, 0.3) is 0 Å². The number of pyridine rings is 2. The molecule has 1 fully saturated rings. The first-order valence-electron chi connectivity index (χ1n) is 8.68. The van der Waals surface area contributed by atoms with Crippen LogP contribution in [0.5, 0.6) is 0 Å². The van der Waals surface area contributed by atoms with E-state index >= 15 is 0 Å². The van der Waals surface area contributed by atoms with Gasteiger partial charge >= 0.3 is 6.18 Å². The van der Waals surface area contributed by atoms with Crippen LogP contribution in [0.2, 0.25) is 0 Å². The Bertz CT molecular complexity index is 993. The number of fused-ring (bicyclic) bond motifs is 1. The average Bonchev–Trinajstić information content (AvgIpc) is 3.12. The number of hydrogen-bond acceptors (Lipinski definition) is 6. The van der Waals surface area contributed by atoms with Crippen LogP contribution in [0.15, 0.2) is 36.7 Å². The van der Waals surface area contributed by atoms with E-state index in [9.17, 15) is 17.6 Å². The third-order valence-electron chi connectivity index (χ3n) is 4.48. The lowest BCUT2D eigenvalue weighted by atomic mass is 10.2. The molecule has 0 spiro atoms. The average molecular weight is 392 g/mol. The zero-order valence-electron chi connectivity index (χ0n) is 14.6. The summed E-state index contributed by atoms with van der Waals surface area (Å²) in [5, 5.41) is 3.51. The van der Waals surface area contributed by atoms with Crippen LogP contribution in [0.1, 0.15) is 17.7 Å². The lowest BCUT2D eigenvalue weighted by Gasteiger charge is -2.18. The summed E-state index contributed by atoms with van der Waals surface area (Å²) in [6, 6.07) is 6.22. The topological polar surface area (TPSA) is 66.8 Å². The van der Waals surface area contributed by atoms with Gasteiger partial charge in [0.15, 0.2) is 5.65 Å². The summed E-state index contributed by atoms with van der Waals surface area (Å²) in [6.07, 6.45) is -2.45. The number of anilines is 2. The van der Waals surface area contributed by atoms with Gasteiger partial charge in [0.05, 0.1) is 11.9 Å². The molecule has 6 nitrogen and oxygen atoms in total. The fraction of sp³-hybridized carbons (Fsp3) is 0.333. The second-order valence-corrected chi connectivity index (χ2v) is 6.44. The molecule has 0 amide bonds. The number of nitrogens with zero attached hydrogens (tertiary/aromatic N) is 5. The minimum Gasteiger partial charge on any atom is -0.365 e. The van der Waals surface area contributed by atoms with Gasteiger partial charge in [-0.1, -0.05) is 6.07 Å². The summed E-state index contributed by atoms with van der Waals surface area (Å²) >= 11 is 0. The van der Waals surface area contributed by atoms with Gasteiger partial charge in [-0.25, -0.2) is 9.37 Å². The summed E-state index contributed by atoms with van der Waals surface area (Å²) in [7, 11) is 0. The molecule has 1 aliphatic rings. The van der Waals surface area contributed by atoms with Crippen molar-refractivity contribution < 1.29 is 17.6 Å². The fourth-order valence-electron chi connectivity index (χ4n) is 3.14. The molecule has 3 aromatic heterocycles. The molecule has 146 valence electrons. The quantitative estimate of drug-likeness (QED) is 0.685. The van der Waals surface area contributed by atoms with Crippen LogP contribution in [-0.4, -0.2) is 39.2 Å². The van der Waals surface area contributed by atoms with Gasteiger partial charge in [-0.15, -0.1) is 0 Å². The van der Waals surface area contributed by atoms with Crippen LogP contribution in [0, 0.1) is 0 Å². The Morgan fingerprint density at radius 1 is 1.11 bits per heavy atom. The second kappa shape index (κ2) is 7.17. The molecule has 0 saturated carbocycles. The molecule has 28 heavy (non-hydrogen) atoms. The van der Waals surface area contributed by atoms with Crippen molar-refractivity contribution in [3.8, 4) is 0 Å². The zero-order valence-corrected chi connectivity index (χ0v) is 14.6. The van der Waals surface area contributed by atoms with Crippen LogP contribution < -0.4 is 10.2 Å². The van der Waals surface area contributed by atoms with E-state index in [0.29, 0.717) is 35.8 Å². The summed E-state index contributed by atoms with van der Waals surface area (Å²) in [6.45, 7) is 0.521. The standard InChI is InChI=1S/C18H16F4N6/c19-12-5-8-28(10-12)17-26-15-13(4-2-7-24-15)16(27-17)25-9-11-3-1-6-23-14(11)18(20,21)22/h1-4,6-7,12H,5,8-10H2,(H,24,25,26,27). The Morgan fingerprint density at radius 3 is 2.64 bits per heavy atom. The Morgan fingerprint density at radius 2 is 1.89 bits per heavy atom. The molecule has 1 unspecified atom stereocenters. The molecular formula is C18H16F4N6. The lowest BCUT2D eigenvalue weighted by molar-refractivity contribution is -0.141. The van der Waals surface area contributed by atoms with E-state index in [1.807, 2.05) is 0 Å². The van der Waals surface area contributed by atoms with Crippen molar-refractivity contribution in [3.63, 3.8) is 0 Å². The highest BCUT2D eigenvalue weighted by Gasteiger charge is 2.35. The summed E-state index contributed by atoms with van der Waals surface area (Å²) in [5.41, 5.74) is -0.559. The molecule has 1 atom stereocenters. The van der Waals surface area contributed by atoms with Crippen molar-refractivity contribution >= 4 is 22.8 Å². The SMILES string of the molecule is FC1CCN(c2nc(NCc3cccnc3C(F)(F)F)c3cccnc3n2)C1. The van der Waals surface area contributed by atoms with Gasteiger partial charge in [0.2, 0.25) is 5.95 Å². The number of hydrogen-bond donors (Lipinski definition) is 1. The lowest BCUT2D eigenvalue weighted by Crippen LogP contribution is -2.23. The molecule has 1 aliphatic heterocycles. The zero-order chi connectivity index (χ0) is 19.7. The maximum absolute atomic E-state index is 13.6. The Balaban J connectivity index is 1.67. The highest BCUT2D eigenvalue weighted by molar-refractivity contribution is 5.87. The third kappa shape index (κ3) is 3.67. The van der Waals surface area contributed by atoms with E-state index in [1.165, 1.54) is 12.1 Å². The molecule has 1 saturated heterocycles. The van der Waals surface area contributed by atoms with Crippen molar-refractivity contribution in [2.75, 3.05) is 23.3 Å². The van der Waals surface area contributed by atoms with Crippen LogP contribution in [0.4, 0.5) is 29.3 Å². The number of halogens is 4. The van der Waals surface area contributed by atoms with Gasteiger partial charge in [-0.2, -0.15) is 23.1 Å². The Labute approximate surface area is 157 Å². The van der Waals surface area contributed by atoms with Crippen molar-refractivity contribution in [2.45, 2.75) is 25.3 Å². The van der Waals surface area contributed by atoms with E-state index in [4.69, 9.17) is 0 Å². The summed E-state index contributed by atoms with van der Waals surface area (Å²) in [4.78, 5) is 18.1. The fourth-order valence-corrected chi connectivity index (χ4v) is 3.14. The van der Waals surface area contributed by atoms with Crippen molar-refractivity contribution in [1.29, 1.82) is 0 Å². The molecule has 0 radical (unpaired) electrons. The maximum Gasteiger partial charge on any atom is 0.433 e. The number of aromatic nitrogens is 4. The first kappa shape index (κ1) is 18.3. The molecule has 10 heteroatoms. The minimum atomic E-state index is -4.55. The molecule has 0 aliphatic carbocycles. The van der Waals surface area contributed by atoms with Crippen LogP contribution in [0.25, 0.3) is 11.0 Å². The maximum atomic E-state index is 13.6. The number of alkyl halides is 4. The Hall–Kier alpha value is -3.04. The largest absolute Gasteiger partial charge is 0.433 e. The normalized spacial score (nSPS) is 17.3. The van der Waals surface area contributed by atoms with Gasteiger partial charge in [-0.3, -0.25) is 4.98 Å². The van der Waals surface area contributed by atoms with Gasteiger partial charge < -0.3 is 10.2 Å². The highest BCUT2D eigenvalue weighted by atomic mass is 19.4. The Kier molecular flexibility index (Phi) is 4.70. The van der Waals surface area contributed by atoms with Gasteiger partial charge in [0, 0.05) is 31.0 Å². The number of rotatable bonds is 4. The monoisotopic (exact) mass is 392 g/mol. The van der Waals surface area contributed by atoms with E-state index in [2.05, 4.69) is 25.3 Å². The van der Waals surface area contributed by atoms with E-state index in [1.54, 1.807) is 23.2 Å². The molecular weight excluding hydrogens is 376 g/mol. The summed E-state index contributed by atoms with van der Waals surface area (Å²) in [5.74, 6) is 0.642. The van der Waals surface area contributed by atoms with Crippen LogP contribution >= 0.6 is 0 Å². The van der Waals surface area contributed by atoms with Crippen LogP contribution in [0.3, 0.4) is 0 Å². The van der Waals surface area contributed by atoms with Crippen LogP contribution in [-0.2, 0) is 12.7 Å². The molecule has 0 bridgehead atoms. The predicted molar refractivity (Wildman–Crippen MR) is 95.6 cm³/mol. The van der Waals surface area contributed by atoms with E-state index in [0.717, 1.165) is 6.20 Å². The first-order valence-corrected chi connectivity index (χ1v) is 8.68. The van der Waals surface area contributed by atoms with Gasteiger partial charge in [-0.05, 0) is 24.6 Å². The van der Waals surface area contributed by atoms with Crippen molar-refractivity contribution in [2.24, 2.45) is 0 Å². The highest BCUT2D eigenvalue weighted by Crippen LogP contribution is 2.31. The molecule has 3 aromatic rings.